The van der Waals surface area contributed by atoms with Crippen LogP contribution in [0.3, 0.4) is 0 Å². The first kappa shape index (κ1) is 18.3. The lowest BCUT2D eigenvalue weighted by Gasteiger charge is -2.26. The first-order valence-electron chi connectivity index (χ1n) is 9.70. The van der Waals surface area contributed by atoms with Crippen molar-refractivity contribution in [2.45, 2.75) is 31.0 Å². The van der Waals surface area contributed by atoms with Gasteiger partial charge in [-0.1, -0.05) is 60.6 Å². The van der Waals surface area contributed by atoms with Gasteiger partial charge in [0.25, 0.3) is 5.56 Å². The van der Waals surface area contributed by atoms with E-state index in [1.165, 1.54) is 32.4 Å². The minimum absolute atomic E-state index is 0.0462. The minimum Gasteiger partial charge on any atom is -0.303 e. The smallest absolute Gasteiger partial charge is 0.262 e. The Morgan fingerprint density at radius 3 is 2.48 bits per heavy atom. The number of nitrogens with zero attached hydrogens (tertiary/aromatic N) is 3. The molecule has 1 aliphatic rings. The second-order valence-electron chi connectivity index (χ2n) is 7.04. The van der Waals surface area contributed by atoms with Gasteiger partial charge < -0.3 is 4.90 Å². The Morgan fingerprint density at radius 2 is 1.67 bits per heavy atom. The lowest BCUT2D eigenvalue weighted by Crippen LogP contribution is -2.32. The summed E-state index contributed by atoms with van der Waals surface area (Å²) < 4.78 is 1.83. The summed E-state index contributed by atoms with van der Waals surface area (Å²) >= 11 is 1.70. The molecule has 5 heteroatoms. The third kappa shape index (κ3) is 4.42. The maximum Gasteiger partial charge on any atom is 0.262 e. The van der Waals surface area contributed by atoms with Crippen LogP contribution in [-0.4, -0.2) is 39.8 Å². The van der Waals surface area contributed by atoms with E-state index in [9.17, 15) is 4.79 Å². The van der Waals surface area contributed by atoms with Crippen LogP contribution in [0.5, 0.6) is 0 Å². The van der Waals surface area contributed by atoms with Gasteiger partial charge in [0.15, 0.2) is 5.16 Å². The van der Waals surface area contributed by atoms with Crippen LogP contribution < -0.4 is 5.56 Å². The Hall–Kier alpha value is -2.11. The van der Waals surface area contributed by atoms with Gasteiger partial charge in [-0.15, -0.1) is 0 Å². The highest BCUT2D eigenvalue weighted by Crippen LogP contribution is 2.20. The van der Waals surface area contributed by atoms with Crippen molar-refractivity contribution in [2.24, 2.45) is 0 Å². The van der Waals surface area contributed by atoms with Crippen LogP contribution in [0.25, 0.3) is 10.9 Å². The standard InChI is InChI=1S/C22H25N3OS/c26-21-19-11-5-6-12-20(19)23-22(25(21)17-18-9-3-1-4-10-18)27-16-15-24-13-7-2-8-14-24/h1,3-6,9-12H,2,7-8,13-17H2. The third-order valence-corrected chi connectivity index (χ3v) is 6.05. The van der Waals surface area contributed by atoms with E-state index in [-0.39, 0.29) is 5.56 Å². The summed E-state index contributed by atoms with van der Waals surface area (Å²) in [6.45, 7) is 4.01. The van der Waals surface area contributed by atoms with Crippen molar-refractivity contribution < 1.29 is 0 Å². The number of likely N-dealkylation sites (tertiary alicyclic amines) is 1. The molecule has 1 fully saturated rings. The average Bonchev–Trinajstić information content (AvgIpc) is 2.72. The Morgan fingerprint density at radius 1 is 0.926 bits per heavy atom. The van der Waals surface area contributed by atoms with Gasteiger partial charge in [0.1, 0.15) is 0 Å². The van der Waals surface area contributed by atoms with Crippen LogP contribution in [0.4, 0.5) is 0 Å². The van der Waals surface area contributed by atoms with Gasteiger partial charge in [-0.25, -0.2) is 4.98 Å². The SMILES string of the molecule is O=c1c2ccccc2nc(SCCN2CCCCC2)n1Cc1ccccc1. The van der Waals surface area contributed by atoms with Crippen LogP contribution >= 0.6 is 11.8 Å². The largest absolute Gasteiger partial charge is 0.303 e. The molecule has 0 atom stereocenters. The number of thioether (sulfide) groups is 1. The molecule has 4 nitrogen and oxygen atoms in total. The maximum atomic E-state index is 13.1. The van der Waals surface area contributed by atoms with E-state index in [1.54, 1.807) is 11.8 Å². The average molecular weight is 380 g/mol. The molecule has 0 bridgehead atoms. The summed E-state index contributed by atoms with van der Waals surface area (Å²) in [4.78, 5) is 20.5. The van der Waals surface area contributed by atoms with Crippen LogP contribution in [0, 0.1) is 0 Å². The van der Waals surface area contributed by atoms with E-state index in [2.05, 4.69) is 17.0 Å². The molecule has 0 N–H and O–H groups in total. The maximum absolute atomic E-state index is 13.1. The zero-order valence-electron chi connectivity index (χ0n) is 15.5. The molecule has 27 heavy (non-hydrogen) atoms. The molecule has 0 aliphatic carbocycles. The van der Waals surface area contributed by atoms with Crippen LogP contribution in [0.2, 0.25) is 0 Å². The van der Waals surface area contributed by atoms with Gasteiger partial charge in [-0.2, -0.15) is 0 Å². The Bertz CT molecular complexity index is 949. The zero-order valence-corrected chi connectivity index (χ0v) is 16.3. The van der Waals surface area contributed by atoms with Crippen molar-refractivity contribution in [3.8, 4) is 0 Å². The number of fused-ring (bicyclic) bond motifs is 1. The zero-order chi connectivity index (χ0) is 18.5. The molecule has 0 amide bonds. The third-order valence-electron chi connectivity index (χ3n) is 5.10. The highest BCUT2D eigenvalue weighted by molar-refractivity contribution is 7.99. The second kappa shape index (κ2) is 8.72. The molecule has 2 heterocycles. The highest BCUT2D eigenvalue weighted by atomic mass is 32.2. The summed E-state index contributed by atoms with van der Waals surface area (Å²) in [6.07, 6.45) is 3.96. The Kier molecular flexibility index (Phi) is 5.90. The lowest BCUT2D eigenvalue weighted by molar-refractivity contribution is 0.242. The van der Waals surface area contributed by atoms with Gasteiger partial charge in [0, 0.05) is 12.3 Å². The van der Waals surface area contributed by atoms with Crippen LogP contribution in [0.1, 0.15) is 24.8 Å². The number of benzene rings is 2. The van der Waals surface area contributed by atoms with Crippen molar-refractivity contribution in [2.75, 3.05) is 25.4 Å². The summed E-state index contributed by atoms with van der Waals surface area (Å²) in [5.41, 5.74) is 1.95. The van der Waals surface area contributed by atoms with Gasteiger partial charge in [-0.3, -0.25) is 9.36 Å². The fourth-order valence-electron chi connectivity index (χ4n) is 3.61. The molecule has 2 aromatic carbocycles. The summed E-state index contributed by atoms with van der Waals surface area (Å²) in [6, 6.07) is 17.8. The Balaban J connectivity index is 1.60. The number of rotatable bonds is 6. The normalized spacial score (nSPS) is 15.3. The van der Waals surface area contributed by atoms with Crippen molar-refractivity contribution in [3.63, 3.8) is 0 Å². The molecule has 1 saturated heterocycles. The van der Waals surface area contributed by atoms with Crippen molar-refractivity contribution >= 4 is 22.7 Å². The quantitative estimate of drug-likeness (QED) is 0.479. The fourth-order valence-corrected chi connectivity index (χ4v) is 4.61. The van der Waals surface area contributed by atoms with E-state index in [1.807, 2.05) is 47.0 Å². The minimum atomic E-state index is 0.0462. The lowest BCUT2D eigenvalue weighted by atomic mass is 10.1. The predicted octanol–water partition coefficient (Wildman–Crippen LogP) is 4.02. The number of hydrogen-bond donors (Lipinski definition) is 0. The van der Waals surface area contributed by atoms with Crippen LogP contribution in [0.15, 0.2) is 64.5 Å². The van der Waals surface area contributed by atoms with E-state index < -0.39 is 0 Å². The predicted molar refractivity (Wildman–Crippen MR) is 113 cm³/mol. The summed E-state index contributed by atoms with van der Waals surface area (Å²) in [5, 5.41) is 1.51. The Labute approximate surface area is 164 Å². The first-order valence-corrected chi connectivity index (χ1v) is 10.7. The molecule has 140 valence electrons. The molecule has 0 spiro atoms. The van der Waals surface area contributed by atoms with Crippen molar-refractivity contribution in [3.05, 3.63) is 70.5 Å². The van der Waals surface area contributed by atoms with Gasteiger partial charge in [0.05, 0.1) is 17.4 Å². The van der Waals surface area contributed by atoms with E-state index in [0.717, 1.165) is 28.5 Å². The topological polar surface area (TPSA) is 38.1 Å². The fraction of sp³-hybridized carbons (Fsp3) is 0.364. The molecule has 0 unspecified atom stereocenters. The molecule has 0 saturated carbocycles. The molecule has 4 rings (SSSR count). The summed E-state index contributed by atoms with van der Waals surface area (Å²) in [7, 11) is 0. The molecule has 1 aliphatic heterocycles. The van der Waals surface area contributed by atoms with E-state index in [0.29, 0.717) is 11.9 Å². The highest BCUT2D eigenvalue weighted by Gasteiger charge is 2.14. The number of aromatic nitrogens is 2. The molecular weight excluding hydrogens is 354 g/mol. The molecule has 1 aromatic heterocycles. The van der Waals surface area contributed by atoms with E-state index >= 15 is 0 Å². The summed E-state index contributed by atoms with van der Waals surface area (Å²) in [5.74, 6) is 0.958. The monoisotopic (exact) mass is 379 g/mol. The van der Waals surface area contributed by atoms with E-state index in [4.69, 9.17) is 4.98 Å². The molecule has 3 aromatic rings. The second-order valence-corrected chi connectivity index (χ2v) is 8.10. The van der Waals surface area contributed by atoms with Gasteiger partial charge in [-0.05, 0) is 43.6 Å². The van der Waals surface area contributed by atoms with Gasteiger partial charge in [0.2, 0.25) is 0 Å². The van der Waals surface area contributed by atoms with Crippen LogP contribution in [-0.2, 0) is 6.54 Å². The number of para-hydroxylation sites is 1. The first-order chi connectivity index (χ1) is 13.3. The van der Waals surface area contributed by atoms with Crippen molar-refractivity contribution in [1.82, 2.24) is 14.5 Å². The number of piperidine rings is 1. The molecular formula is C22H25N3OS. The molecule has 0 radical (unpaired) electrons. The number of hydrogen-bond acceptors (Lipinski definition) is 4. The van der Waals surface area contributed by atoms with Gasteiger partial charge >= 0.3 is 0 Å². The van der Waals surface area contributed by atoms with Crippen molar-refractivity contribution in [1.29, 1.82) is 0 Å².